The van der Waals surface area contributed by atoms with Crippen LogP contribution in [0.15, 0.2) is 14.7 Å². The van der Waals surface area contributed by atoms with Gasteiger partial charge in [0, 0.05) is 19.3 Å². The largest absolute Gasteiger partial charge is 0.329 e. The van der Waals surface area contributed by atoms with Crippen molar-refractivity contribution in [2.45, 2.75) is 72.3 Å². The van der Waals surface area contributed by atoms with E-state index in [0.717, 1.165) is 25.0 Å². The summed E-state index contributed by atoms with van der Waals surface area (Å²) in [5.74, 6) is 0.494. The van der Waals surface area contributed by atoms with Crippen LogP contribution in [0.1, 0.15) is 65.7 Å². The molecule has 8 heteroatoms. The Bertz CT molecular complexity index is 874. The molecule has 2 N–H and O–H groups in total. The van der Waals surface area contributed by atoms with E-state index < -0.39 is 11.2 Å². The Kier molecular flexibility index (Phi) is 7.17. The van der Waals surface area contributed by atoms with E-state index in [4.69, 9.17) is 0 Å². The number of hydrogen-bond donors (Lipinski definition) is 2. The van der Waals surface area contributed by atoms with E-state index in [1.165, 1.54) is 30.3 Å². The molecule has 0 saturated carbocycles. The van der Waals surface area contributed by atoms with Gasteiger partial charge < -0.3 is 4.57 Å². The van der Waals surface area contributed by atoms with Gasteiger partial charge >= 0.3 is 5.69 Å². The average molecular weight is 362 g/mol. The number of fused-ring (bicyclic) bond motifs is 1. The van der Waals surface area contributed by atoms with E-state index in [9.17, 15) is 9.59 Å². The third-order valence-corrected chi connectivity index (χ3v) is 4.60. The number of aromatic amines is 1. The van der Waals surface area contributed by atoms with Crippen LogP contribution in [-0.2, 0) is 13.6 Å². The zero-order valence-electron chi connectivity index (χ0n) is 16.3. The number of hydrogen-bond acceptors (Lipinski definition) is 5. The predicted octanol–water partition coefficient (Wildman–Crippen LogP) is 2.98. The molecule has 0 atom stereocenters. The highest BCUT2D eigenvalue weighted by Gasteiger charge is 2.16. The number of hydrazone groups is 1. The third kappa shape index (κ3) is 4.62. The number of rotatable bonds is 10. The lowest BCUT2D eigenvalue weighted by atomic mass is 10.1. The van der Waals surface area contributed by atoms with Gasteiger partial charge in [-0.1, -0.05) is 46.0 Å². The summed E-state index contributed by atoms with van der Waals surface area (Å²) in [6.07, 6.45) is 7.77. The standard InChI is InChI=1S/C18H30N6O2/c1-5-7-8-9-10-11-12-24-14-15(23(4)18(26)20-16(14)25)19-17(24)22-21-13(3)6-2/h5-12H2,1-4H3,(H,19,22)(H,20,25,26). The van der Waals surface area contributed by atoms with Crippen molar-refractivity contribution in [1.82, 2.24) is 19.1 Å². The summed E-state index contributed by atoms with van der Waals surface area (Å²) in [5, 5.41) is 4.30. The number of nitrogens with one attached hydrogen (secondary N) is 2. The van der Waals surface area contributed by atoms with Crippen LogP contribution in [0.4, 0.5) is 5.95 Å². The minimum atomic E-state index is -0.466. The highest BCUT2D eigenvalue weighted by atomic mass is 16.2. The molecule has 0 bridgehead atoms. The van der Waals surface area contributed by atoms with Gasteiger partial charge in [-0.3, -0.25) is 14.3 Å². The van der Waals surface area contributed by atoms with Crippen molar-refractivity contribution in [2.75, 3.05) is 5.43 Å². The molecule has 0 aromatic carbocycles. The first-order valence-electron chi connectivity index (χ1n) is 9.48. The minimum Gasteiger partial charge on any atom is -0.303 e. The van der Waals surface area contributed by atoms with Gasteiger partial charge in [0.05, 0.1) is 0 Å². The highest BCUT2D eigenvalue weighted by Crippen LogP contribution is 2.17. The van der Waals surface area contributed by atoms with Gasteiger partial charge in [0.2, 0.25) is 5.95 Å². The van der Waals surface area contributed by atoms with Gasteiger partial charge in [0.25, 0.3) is 5.56 Å². The second-order valence-electron chi connectivity index (χ2n) is 6.66. The molecule has 2 heterocycles. The molecular weight excluding hydrogens is 332 g/mol. The molecule has 26 heavy (non-hydrogen) atoms. The summed E-state index contributed by atoms with van der Waals surface area (Å²) in [4.78, 5) is 31.0. The van der Waals surface area contributed by atoms with Crippen LogP contribution in [0.2, 0.25) is 0 Å². The Balaban J connectivity index is 2.32. The molecule has 0 aliphatic carbocycles. The fourth-order valence-electron chi connectivity index (χ4n) is 2.81. The van der Waals surface area contributed by atoms with E-state index in [-0.39, 0.29) is 0 Å². The van der Waals surface area contributed by atoms with E-state index in [1.807, 2.05) is 18.4 Å². The summed E-state index contributed by atoms with van der Waals surface area (Å²) in [5.41, 5.74) is 3.80. The fourth-order valence-corrected chi connectivity index (χ4v) is 2.81. The maximum Gasteiger partial charge on any atom is 0.329 e. The zero-order valence-corrected chi connectivity index (χ0v) is 16.3. The van der Waals surface area contributed by atoms with Crippen LogP contribution in [0.25, 0.3) is 11.2 Å². The molecule has 2 aromatic heterocycles. The second kappa shape index (κ2) is 9.35. The Hall–Kier alpha value is -2.38. The maximum atomic E-state index is 12.4. The van der Waals surface area contributed by atoms with E-state index in [0.29, 0.717) is 23.7 Å². The first-order chi connectivity index (χ1) is 12.5. The molecule has 0 aliphatic heterocycles. The van der Waals surface area contributed by atoms with Gasteiger partial charge in [-0.25, -0.2) is 10.2 Å². The molecule has 0 unspecified atom stereocenters. The van der Waals surface area contributed by atoms with Gasteiger partial charge in [0.1, 0.15) is 0 Å². The maximum absolute atomic E-state index is 12.4. The van der Waals surface area contributed by atoms with E-state index in [1.54, 1.807) is 7.05 Å². The van der Waals surface area contributed by atoms with Crippen molar-refractivity contribution >= 4 is 22.8 Å². The smallest absolute Gasteiger partial charge is 0.303 e. The molecular formula is C18H30N6O2. The Morgan fingerprint density at radius 1 is 1.15 bits per heavy atom. The zero-order chi connectivity index (χ0) is 19.1. The van der Waals surface area contributed by atoms with Crippen LogP contribution in [0.3, 0.4) is 0 Å². The first kappa shape index (κ1) is 19.9. The molecule has 144 valence electrons. The van der Waals surface area contributed by atoms with Crippen LogP contribution in [0.5, 0.6) is 0 Å². The molecule has 2 aromatic rings. The van der Waals surface area contributed by atoms with Gasteiger partial charge in [-0.15, -0.1) is 0 Å². The SMILES string of the molecule is CCCCCCCCn1c(NN=C(C)CC)nc2c1c(=O)[nH]c(=O)n2C. The van der Waals surface area contributed by atoms with Crippen molar-refractivity contribution in [1.29, 1.82) is 0 Å². The molecule has 0 saturated heterocycles. The van der Waals surface area contributed by atoms with Crippen molar-refractivity contribution in [3.63, 3.8) is 0 Å². The molecule has 8 nitrogen and oxygen atoms in total. The van der Waals surface area contributed by atoms with Crippen LogP contribution in [-0.4, -0.2) is 24.8 Å². The lowest BCUT2D eigenvalue weighted by Crippen LogP contribution is -2.29. The summed E-state index contributed by atoms with van der Waals surface area (Å²) in [7, 11) is 1.60. The topological polar surface area (TPSA) is 97.1 Å². The third-order valence-electron chi connectivity index (χ3n) is 4.60. The minimum absolute atomic E-state index is 0.372. The number of unbranched alkanes of at least 4 members (excludes halogenated alkanes) is 5. The van der Waals surface area contributed by atoms with Crippen LogP contribution >= 0.6 is 0 Å². The molecule has 0 spiro atoms. The lowest BCUT2D eigenvalue weighted by molar-refractivity contribution is 0.565. The molecule has 0 radical (unpaired) electrons. The van der Waals surface area contributed by atoms with E-state index >= 15 is 0 Å². The van der Waals surface area contributed by atoms with Crippen molar-refractivity contribution in [3.8, 4) is 0 Å². The average Bonchev–Trinajstić information content (AvgIpc) is 2.99. The number of anilines is 1. The van der Waals surface area contributed by atoms with Crippen LogP contribution in [0, 0.1) is 0 Å². The summed E-state index contributed by atoms with van der Waals surface area (Å²) < 4.78 is 3.19. The Morgan fingerprint density at radius 3 is 2.54 bits per heavy atom. The monoisotopic (exact) mass is 362 g/mol. The van der Waals surface area contributed by atoms with Crippen molar-refractivity contribution < 1.29 is 0 Å². The van der Waals surface area contributed by atoms with E-state index in [2.05, 4.69) is 27.4 Å². The molecule has 0 aliphatic rings. The predicted molar refractivity (Wildman–Crippen MR) is 106 cm³/mol. The molecule has 0 amide bonds. The Labute approximate surface area is 153 Å². The Morgan fingerprint density at radius 2 is 1.85 bits per heavy atom. The van der Waals surface area contributed by atoms with Gasteiger partial charge in [-0.05, 0) is 19.8 Å². The number of aromatic nitrogens is 4. The quantitative estimate of drug-likeness (QED) is 0.386. The molecule has 0 fully saturated rings. The molecule has 2 rings (SSSR count). The van der Waals surface area contributed by atoms with Crippen LogP contribution < -0.4 is 16.7 Å². The summed E-state index contributed by atoms with van der Waals surface area (Å²) in [6, 6.07) is 0. The van der Waals surface area contributed by atoms with Crippen molar-refractivity contribution in [3.05, 3.63) is 20.8 Å². The number of imidazole rings is 1. The van der Waals surface area contributed by atoms with Gasteiger partial charge in [0.15, 0.2) is 11.2 Å². The van der Waals surface area contributed by atoms with Crippen molar-refractivity contribution in [2.24, 2.45) is 12.1 Å². The number of nitrogens with zero attached hydrogens (tertiary/aromatic N) is 4. The normalized spacial score (nSPS) is 12.1. The highest BCUT2D eigenvalue weighted by molar-refractivity contribution is 5.82. The summed E-state index contributed by atoms with van der Waals surface area (Å²) >= 11 is 0. The number of aryl methyl sites for hydroxylation is 2. The second-order valence-corrected chi connectivity index (χ2v) is 6.66. The van der Waals surface area contributed by atoms with Gasteiger partial charge in [-0.2, -0.15) is 10.1 Å². The number of H-pyrrole nitrogens is 1. The first-order valence-corrected chi connectivity index (χ1v) is 9.48. The summed E-state index contributed by atoms with van der Waals surface area (Å²) in [6.45, 7) is 6.81. The fraction of sp³-hybridized carbons (Fsp3) is 0.667. The lowest BCUT2D eigenvalue weighted by Gasteiger charge is -2.08.